The fraction of sp³-hybridized carbons (Fsp3) is 0.211. The van der Waals surface area contributed by atoms with E-state index in [0.29, 0.717) is 5.39 Å². The summed E-state index contributed by atoms with van der Waals surface area (Å²) in [6, 6.07) is 9.21. The van der Waals surface area contributed by atoms with Crippen LogP contribution in [0.5, 0.6) is 5.75 Å². The van der Waals surface area contributed by atoms with Crippen molar-refractivity contribution in [3.05, 3.63) is 52.6 Å². The van der Waals surface area contributed by atoms with E-state index < -0.39 is 17.6 Å². The van der Waals surface area contributed by atoms with Gasteiger partial charge in [-0.1, -0.05) is 0 Å². The van der Waals surface area contributed by atoms with Gasteiger partial charge in [0.15, 0.2) is 0 Å². The number of fused-ring (bicyclic) bond motifs is 1. The smallest absolute Gasteiger partial charge is 0.374 e. The molecule has 0 atom stereocenters. The zero-order valence-corrected chi connectivity index (χ0v) is 14.4. The highest BCUT2D eigenvalue weighted by atomic mass is 16.6. The molecule has 7 nitrogen and oxygen atoms in total. The predicted molar refractivity (Wildman–Crippen MR) is 92.0 cm³/mol. The minimum absolute atomic E-state index is 0.00148. The summed E-state index contributed by atoms with van der Waals surface area (Å²) in [5, 5.41) is 0.609. The second kappa shape index (κ2) is 6.87. The van der Waals surface area contributed by atoms with Gasteiger partial charge in [0, 0.05) is 18.4 Å². The average molecular weight is 356 g/mol. The number of carbonyl (C=O) groups is 2. The summed E-state index contributed by atoms with van der Waals surface area (Å²) in [5.74, 6) is -0.612. The molecule has 3 rings (SSSR count). The van der Waals surface area contributed by atoms with Crippen molar-refractivity contribution < 1.29 is 27.9 Å². The highest BCUT2D eigenvalue weighted by molar-refractivity contribution is 5.88. The van der Waals surface area contributed by atoms with Crippen LogP contribution in [0.2, 0.25) is 0 Å². The molecular weight excluding hydrogens is 340 g/mol. The van der Waals surface area contributed by atoms with Crippen molar-refractivity contribution in [2.75, 3.05) is 0 Å². The van der Waals surface area contributed by atoms with Gasteiger partial charge in [-0.2, -0.15) is 0 Å². The molecule has 2 aromatic heterocycles. The lowest BCUT2D eigenvalue weighted by atomic mass is 10.1. The molecule has 0 unspecified atom stereocenters. The minimum Gasteiger partial charge on any atom is -0.457 e. The van der Waals surface area contributed by atoms with Crippen molar-refractivity contribution in [2.45, 2.75) is 26.9 Å². The largest absolute Gasteiger partial charge is 0.457 e. The van der Waals surface area contributed by atoms with Gasteiger partial charge in [-0.15, -0.1) is 0 Å². The number of carbonyl (C=O) groups excluding carboxylic acids is 2. The SMILES string of the molecule is CC(=O)Oc1ccc2cc(-c3ccc(C(=O)OC(C)C)o3)c(=O)oc2c1. The van der Waals surface area contributed by atoms with Crippen LogP contribution in [0.15, 0.2) is 50.0 Å². The Balaban J connectivity index is 1.97. The molecule has 0 N–H and O–H groups in total. The number of esters is 2. The Bertz CT molecular complexity index is 1040. The van der Waals surface area contributed by atoms with Gasteiger partial charge in [-0.25, -0.2) is 9.59 Å². The molecule has 0 bridgehead atoms. The number of furan rings is 1. The highest BCUT2D eigenvalue weighted by Gasteiger charge is 2.17. The maximum atomic E-state index is 12.3. The summed E-state index contributed by atoms with van der Waals surface area (Å²) >= 11 is 0. The monoisotopic (exact) mass is 356 g/mol. The molecule has 0 spiro atoms. The van der Waals surface area contributed by atoms with Crippen molar-refractivity contribution in [1.29, 1.82) is 0 Å². The fourth-order valence-corrected chi connectivity index (χ4v) is 2.36. The summed E-state index contributed by atoms with van der Waals surface area (Å²) < 4.78 is 20.7. The summed E-state index contributed by atoms with van der Waals surface area (Å²) in [6.45, 7) is 4.73. The van der Waals surface area contributed by atoms with E-state index in [2.05, 4.69) is 0 Å². The first-order valence-corrected chi connectivity index (χ1v) is 7.91. The third-order valence-corrected chi connectivity index (χ3v) is 3.38. The fourth-order valence-electron chi connectivity index (χ4n) is 2.36. The molecule has 0 aliphatic carbocycles. The van der Waals surface area contributed by atoms with E-state index >= 15 is 0 Å². The number of hydrogen-bond donors (Lipinski definition) is 0. The van der Waals surface area contributed by atoms with Crippen molar-refractivity contribution >= 4 is 22.9 Å². The van der Waals surface area contributed by atoms with Crippen LogP contribution in [0, 0.1) is 0 Å². The quantitative estimate of drug-likeness (QED) is 0.401. The topological polar surface area (TPSA) is 96.0 Å². The lowest BCUT2D eigenvalue weighted by molar-refractivity contribution is -0.131. The summed E-state index contributed by atoms with van der Waals surface area (Å²) in [4.78, 5) is 35.2. The normalized spacial score (nSPS) is 10.9. The molecule has 3 aromatic rings. The maximum Gasteiger partial charge on any atom is 0.374 e. The molecule has 7 heteroatoms. The van der Waals surface area contributed by atoms with Crippen molar-refractivity contribution in [3.8, 4) is 17.1 Å². The summed E-state index contributed by atoms with van der Waals surface area (Å²) in [5.41, 5.74) is -0.208. The molecule has 1 aromatic carbocycles. The predicted octanol–water partition coefficient (Wildman–Crippen LogP) is 3.54. The molecule has 26 heavy (non-hydrogen) atoms. The molecule has 0 aliphatic heterocycles. The number of rotatable bonds is 4. The van der Waals surface area contributed by atoms with Crippen LogP contribution in [0.1, 0.15) is 31.3 Å². The molecule has 0 amide bonds. The maximum absolute atomic E-state index is 12.3. The van der Waals surface area contributed by atoms with Crippen LogP contribution >= 0.6 is 0 Å². The first kappa shape index (κ1) is 17.5. The van der Waals surface area contributed by atoms with Crippen LogP contribution in [-0.4, -0.2) is 18.0 Å². The molecule has 0 radical (unpaired) electrons. The first-order valence-electron chi connectivity index (χ1n) is 7.91. The molecule has 0 fully saturated rings. The third-order valence-electron chi connectivity index (χ3n) is 3.38. The second-order valence-corrected chi connectivity index (χ2v) is 5.86. The van der Waals surface area contributed by atoms with Crippen LogP contribution in [0.4, 0.5) is 0 Å². The van der Waals surface area contributed by atoms with Gasteiger partial charge in [0.1, 0.15) is 22.7 Å². The van der Waals surface area contributed by atoms with Gasteiger partial charge in [-0.3, -0.25) is 4.79 Å². The third kappa shape index (κ3) is 3.66. The van der Waals surface area contributed by atoms with Gasteiger partial charge < -0.3 is 18.3 Å². The molecule has 0 saturated heterocycles. The van der Waals surface area contributed by atoms with Crippen LogP contribution < -0.4 is 10.4 Å². The van der Waals surface area contributed by atoms with Crippen molar-refractivity contribution in [1.82, 2.24) is 0 Å². The van der Waals surface area contributed by atoms with Crippen LogP contribution in [0.25, 0.3) is 22.3 Å². The zero-order valence-electron chi connectivity index (χ0n) is 14.4. The van der Waals surface area contributed by atoms with Crippen molar-refractivity contribution in [3.63, 3.8) is 0 Å². The Morgan fingerprint density at radius 1 is 1.04 bits per heavy atom. The van der Waals surface area contributed by atoms with E-state index in [-0.39, 0.29) is 34.5 Å². The Morgan fingerprint density at radius 2 is 1.81 bits per heavy atom. The number of benzene rings is 1. The first-order chi connectivity index (χ1) is 12.3. The van der Waals surface area contributed by atoms with Gasteiger partial charge in [-0.05, 0) is 44.2 Å². The van der Waals surface area contributed by atoms with Gasteiger partial charge >= 0.3 is 17.6 Å². The lowest BCUT2D eigenvalue weighted by Crippen LogP contribution is -2.10. The molecule has 0 aliphatic rings. The van der Waals surface area contributed by atoms with E-state index in [0.717, 1.165) is 0 Å². The van der Waals surface area contributed by atoms with E-state index in [1.807, 2.05) is 0 Å². The van der Waals surface area contributed by atoms with E-state index in [4.69, 9.17) is 18.3 Å². The molecular formula is C19H16O7. The molecule has 134 valence electrons. The van der Waals surface area contributed by atoms with Gasteiger partial charge in [0.05, 0.1) is 6.10 Å². The lowest BCUT2D eigenvalue weighted by Gasteiger charge is -2.05. The van der Waals surface area contributed by atoms with Crippen molar-refractivity contribution in [2.24, 2.45) is 0 Å². The number of ether oxygens (including phenoxy) is 2. The summed E-state index contributed by atoms with van der Waals surface area (Å²) in [6.07, 6.45) is -0.284. The average Bonchev–Trinajstić information content (AvgIpc) is 3.02. The van der Waals surface area contributed by atoms with Gasteiger partial charge in [0.25, 0.3) is 0 Å². The van der Waals surface area contributed by atoms with Gasteiger partial charge in [0.2, 0.25) is 5.76 Å². The zero-order chi connectivity index (χ0) is 18.8. The Labute approximate surface area is 148 Å². The highest BCUT2D eigenvalue weighted by Crippen LogP contribution is 2.26. The second-order valence-electron chi connectivity index (χ2n) is 5.86. The summed E-state index contributed by atoms with van der Waals surface area (Å²) in [7, 11) is 0. The Morgan fingerprint density at radius 3 is 2.50 bits per heavy atom. The number of hydrogen-bond acceptors (Lipinski definition) is 7. The Kier molecular flexibility index (Phi) is 4.62. The Hall–Kier alpha value is -3.35. The van der Waals surface area contributed by atoms with Crippen LogP contribution in [-0.2, 0) is 9.53 Å². The van der Waals surface area contributed by atoms with E-state index in [1.165, 1.54) is 25.1 Å². The molecule has 2 heterocycles. The van der Waals surface area contributed by atoms with E-state index in [9.17, 15) is 14.4 Å². The van der Waals surface area contributed by atoms with Crippen LogP contribution in [0.3, 0.4) is 0 Å². The minimum atomic E-state index is -0.643. The standard InChI is InChI=1S/C19H16O7/c1-10(2)23-19(22)16-7-6-15(25-16)14-8-12-4-5-13(24-11(3)20)9-17(12)26-18(14)21/h4-10H,1-3H3. The molecule has 0 saturated carbocycles. The van der Waals surface area contributed by atoms with E-state index in [1.54, 1.807) is 32.0 Å².